The number of aromatic hydroxyl groups is 1. The Hall–Kier alpha value is -2.07. The molecule has 4 heteroatoms. The summed E-state index contributed by atoms with van der Waals surface area (Å²) in [4.78, 5) is 0. The van der Waals surface area contributed by atoms with E-state index in [2.05, 4.69) is 5.32 Å². The van der Waals surface area contributed by atoms with Crippen LogP contribution >= 0.6 is 0 Å². The van der Waals surface area contributed by atoms with Crippen LogP contribution in [-0.4, -0.2) is 18.8 Å². The Bertz CT molecular complexity index is 642. The molecule has 104 valence electrons. The molecule has 0 spiro atoms. The smallest absolute Gasteiger partial charge is 0.124 e. The van der Waals surface area contributed by atoms with Crippen LogP contribution in [0, 0.1) is 5.82 Å². The Balaban J connectivity index is 2.11. The molecular weight excluding hydrogens is 257 g/mol. The minimum atomic E-state index is -0.284. The van der Waals surface area contributed by atoms with Crippen LogP contribution in [0.4, 0.5) is 4.39 Å². The van der Waals surface area contributed by atoms with Crippen LogP contribution in [0.15, 0.2) is 36.4 Å². The predicted molar refractivity (Wildman–Crippen MR) is 74.6 cm³/mol. The van der Waals surface area contributed by atoms with Gasteiger partial charge < -0.3 is 15.2 Å². The molecule has 0 amide bonds. The number of rotatable bonds is 2. The number of phenols is 1. The predicted octanol–water partition coefficient (Wildman–Crippen LogP) is 2.78. The van der Waals surface area contributed by atoms with Gasteiger partial charge in [-0.3, -0.25) is 0 Å². The van der Waals surface area contributed by atoms with Gasteiger partial charge in [-0.05, 0) is 47.9 Å². The second kappa shape index (κ2) is 5.13. The number of nitrogens with one attached hydrogen (secondary N) is 1. The third-order valence-corrected chi connectivity index (χ3v) is 3.68. The van der Waals surface area contributed by atoms with Crippen molar-refractivity contribution >= 4 is 0 Å². The van der Waals surface area contributed by atoms with Gasteiger partial charge in [-0.2, -0.15) is 0 Å². The number of phenolic OH excluding ortho intramolecular Hbond substituents is 1. The Morgan fingerprint density at radius 2 is 2.05 bits per heavy atom. The van der Waals surface area contributed by atoms with E-state index in [0.29, 0.717) is 5.75 Å². The summed E-state index contributed by atoms with van der Waals surface area (Å²) in [5, 5.41) is 13.0. The largest absolute Gasteiger partial charge is 0.508 e. The molecule has 1 unspecified atom stereocenters. The second-order valence-corrected chi connectivity index (χ2v) is 4.91. The first-order chi connectivity index (χ1) is 9.69. The lowest BCUT2D eigenvalue weighted by Crippen LogP contribution is -2.30. The highest BCUT2D eigenvalue weighted by molar-refractivity contribution is 5.47. The average molecular weight is 273 g/mol. The van der Waals surface area contributed by atoms with Crippen molar-refractivity contribution in [2.75, 3.05) is 13.7 Å². The Morgan fingerprint density at radius 1 is 1.20 bits per heavy atom. The number of fused-ring (bicyclic) bond motifs is 1. The lowest BCUT2D eigenvalue weighted by molar-refractivity contribution is 0.400. The average Bonchev–Trinajstić information content (AvgIpc) is 2.46. The Labute approximate surface area is 117 Å². The van der Waals surface area contributed by atoms with E-state index in [4.69, 9.17) is 4.74 Å². The fourth-order valence-corrected chi connectivity index (χ4v) is 2.76. The maximum Gasteiger partial charge on any atom is 0.124 e. The molecule has 3 rings (SSSR count). The van der Waals surface area contributed by atoms with Crippen LogP contribution < -0.4 is 10.1 Å². The minimum Gasteiger partial charge on any atom is -0.508 e. The Kier molecular flexibility index (Phi) is 3.32. The molecule has 0 bridgehead atoms. The monoisotopic (exact) mass is 273 g/mol. The van der Waals surface area contributed by atoms with Crippen molar-refractivity contribution in [2.45, 2.75) is 12.5 Å². The van der Waals surface area contributed by atoms with Gasteiger partial charge in [0.2, 0.25) is 0 Å². The Morgan fingerprint density at radius 3 is 2.85 bits per heavy atom. The lowest BCUT2D eigenvalue weighted by Gasteiger charge is -2.28. The first kappa shape index (κ1) is 12.9. The van der Waals surface area contributed by atoms with Gasteiger partial charge in [-0.1, -0.05) is 6.07 Å². The normalized spacial score (nSPS) is 17.6. The molecule has 1 heterocycles. The van der Waals surface area contributed by atoms with Crippen molar-refractivity contribution in [1.82, 2.24) is 5.32 Å². The molecule has 20 heavy (non-hydrogen) atoms. The zero-order valence-corrected chi connectivity index (χ0v) is 11.2. The zero-order valence-electron chi connectivity index (χ0n) is 11.2. The first-order valence-electron chi connectivity index (χ1n) is 6.57. The summed E-state index contributed by atoms with van der Waals surface area (Å²) < 4.78 is 18.9. The summed E-state index contributed by atoms with van der Waals surface area (Å²) >= 11 is 0. The molecule has 0 radical (unpaired) electrons. The van der Waals surface area contributed by atoms with E-state index in [-0.39, 0.29) is 17.6 Å². The topological polar surface area (TPSA) is 41.5 Å². The maximum atomic E-state index is 13.6. The van der Waals surface area contributed by atoms with Crippen LogP contribution in [0.2, 0.25) is 0 Å². The van der Waals surface area contributed by atoms with E-state index < -0.39 is 0 Å². The highest BCUT2D eigenvalue weighted by Gasteiger charge is 2.24. The molecule has 0 saturated heterocycles. The second-order valence-electron chi connectivity index (χ2n) is 4.91. The van der Waals surface area contributed by atoms with Gasteiger partial charge in [0.1, 0.15) is 17.3 Å². The SMILES string of the molecule is COc1ccc(F)cc1C1NCCc2cc(O)ccc21. The zero-order chi connectivity index (χ0) is 14.1. The van der Waals surface area contributed by atoms with Crippen molar-refractivity contribution in [3.8, 4) is 11.5 Å². The molecule has 1 atom stereocenters. The number of halogens is 1. The quantitative estimate of drug-likeness (QED) is 0.884. The minimum absolute atomic E-state index is 0.120. The highest BCUT2D eigenvalue weighted by Crippen LogP contribution is 2.35. The summed E-state index contributed by atoms with van der Waals surface area (Å²) in [6, 6.07) is 9.72. The number of benzene rings is 2. The molecule has 2 aromatic rings. The third kappa shape index (κ3) is 2.23. The standard InChI is InChI=1S/C16H16FNO2/c1-20-15-5-2-11(17)9-14(15)16-13-4-3-12(19)8-10(13)6-7-18-16/h2-5,8-9,16,18-19H,6-7H2,1H3. The first-order valence-corrected chi connectivity index (χ1v) is 6.57. The number of ether oxygens (including phenoxy) is 1. The van der Waals surface area contributed by atoms with Crippen LogP contribution in [0.3, 0.4) is 0 Å². The van der Waals surface area contributed by atoms with Crippen molar-refractivity contribution in [3.63, 3.8) is 0 Å². The molecule has 3 nitrogen and oxygen atoms in total. The molecule has 0 saturated carbocycles. The van der Waals surface area contributed by atoms with Gasteiger partial charge in [-0.15, -0.1) is 0 Å². The van der Waals surface area contributed by atoms with E-state index in [9.17, 15) is 9.50 Å². The molecule has 1 aliphatic rings. The van der Waals surface area contributed by atoms with Gasteiger partial charge in [0.25, 0.3) is 0 Å². The molecule has 1 aliphatic heterocycles. The molecular formula is C16H16FNO2. The van der Waals surface area contributed by atoms with Gasteiger partial charge in [0.15, 0.2) is 0 Å². The van der Waals surface area contributed by atoms with E-state index in [0.717, 1.165) is 29.7 Å². The van der Waals surface area contributed by atoms with Crippen molar-refractivity contribution in [3.05, 3.63) is 58.9 Å². The van der Waals surface area contributed by atoms with Gasteiger partial charge >= 0.3 is 0 Å². The van der Waals surface area contributed by atoms with Crippen molar-refractivity contribution in [2.24, 2.45) is 0 Å². The maximum absolute atomic E-state index is 13.6. The van der Waals surface area contributed by atoms with Crippen LogP contribution in [0.1, 0.15) is 22.7 Å². The highest BCUT2D eigenvalue weighted by atomic mass is 19.1. The lowest BCUT2D eigenvalue weighted by atomic mass is 9.89. The fourth-order valence-electron chi connectivity index (χ4n) is 2.76. The summed E-state index contributed by atoms with van der Waals surface area (Å²) in [6.07, 6.45) is 0.845. The van der Waals surface area contributed by atoms with E-state index in [1.54, 1.807) is 25.3 Å². The summed E-state index contributed by atoms with van der Waals surface area (Å²) in [6.45, 7) is 0.779. The molecule has 0 fully saturated rings. The van der Waals surface area contributed by atoms with Crippen LogP contribution in [-0.2, 0) is 6.42 Å². The van der Waals surface area contributed by atoms with Gasteiger partial charge in [0, 0.05) is 12.1 Å². The summed E-state index contributed by atoms with van der Waals surface area (Å²) in [5.74, 6) is 0.633. The molecule has 0 aliphatic carbocycles. The van der Waals surface area contributed by atoms with Crippen molar-refractivity contribution in [1.29, 1.82) is 0 Å². The van der Waals surface area contributed by atoms with E-state index in [1.807, 2.05) is 6.07 Å². The molecule has 2 aromatic carbocycles. The molecule has 2 N–H and O–H groups in total. The summed E-state index contributed by atoms with van der Waals surface area (Å²) in [5.41, 5.74) is 2.91. The fraction of sp³-hybridized carbons (Fsp3) is 0.250. The molecule has 0 aromatic heterocycles. The van der Waals surface area contributed by atoms with Crippen LogP contribution in [0.5, 0.6) is 11.5 Å². The van der Waals surface area contributed by atoms with Gasteiger partial charge in [-0.25, -0.2) is 4.39 Å². The van der Waals surface area contributed by atoms with E-state index in [1.165, 1.54) is 12.1 Å². The number of hydrogen-bond donors (Lipinski definition) is 2. The van der Waals surface area contributed by atoms with Crippen molar-refractivity contribution < 1.29 is 14.2 Å². The number of hydrogen-bond acceptors (Lipinski definition) is 3. The third-order valence-electron chi connectivity index (χ3n) is 3.68. The van der Waals surface area contributed by atoms with E-state index >= 15 is 0 Å². The van der Waals surface area contributed by atoms with Crippen LogP contribution in [0.25, 0.3) is 0 Å². The summed E-state index contributed by atoms with van der Waals surface area (Å²) in [7, 11) is 1.58. The van der Waals surface area contributed by atoms with Gasteiger partial charge in [0.05, 0.1) is 13.2 Å². The number of methoxy groups -OCH3 is 1.